The molecule has 3 rings (SSSR count). The first-order valence-corrected chi connectivity index (χ1v) is 7.13. The van der Waals surface area contributed by atoms with Gasteiger partial charge in [-0.2, -0.15) is 0 Å². The summed E-state index contributed by atoms with van der Waals surface area (Å²) in [5.74, 6) is 0.645. The second-order valence-electron chi connectivity index (χ2n) is 5.94. The predicted octanol–water partition coefficient (Wildman–Crippen LogP) is 4.08. The van der Waals surface area contributed by atoms with Crippen molar-refractivity contribution in [2.24, 2.45) is 5.73 Å². The molecule has 112 valence electrons. The van der Waals surface area contributed by atoms with E-state index >= 15 is 0 Å². The first kappa shape index (κ1) is 15.9. The SMILES string of the molecule is Cc1ccccc1C1Cc2c(C)cc(C)c(O)c2C1N.Cl. The number of nitrogens with two attached hydrogens (primary N) is 1. The van der Waals surface area contributed by atoms with Crippen molar-refractivity contribution in [1.29, 1.82) is 0 Å². The minimum atomic E-state index is -0.121. The van der Waals surface area contributed by atoms with Crippen LogP contribution < -0.4 is 5.73 Å². The highest BCUT2D eigenvalue weighted by atomic mass is 35.5. The number of hydrogen-bond acceptors (Lipinski definition) is 2. The average molecular weight is 304 g/mol. The summed E-state index contributed by atoms with van der Waals surface area (Å²) in [6.45, 7) is 6.18. The molecule has 2 unspecified atom stereocenters. The average Bonchev–Trinajstić information content (AvgIpc) is 2.75. The Balaban J connectivity index is 0.00000161. The van der Waals surface area contributed by atoms with Crippen molar-refractivity contribution in [3.8, 4) is 5.75 Å². The fourth-order valence-electron chi connectivity index (χ4n) is 3.53. The summed E-state index contributed by atoms with van der Waals surface area (Å²) >= 11 is 0. The molecule has 0 fully saturated rings. The van der Waals surface area contributed by atoms with Gasteiger partial charge in [0.25, 0.3) is 0 Å². The maximum Gasteiger partial charge on any atom is 0.123 e. The number of rotatable bonds is 1. The Morgan fingerprint density at radius 2 is 1.71 bits per heavy atom. The van der Waals surface area contributed by atoms with E-state index in [9.17, 15) is 5.11 Å². The lowest BCUT2D eigenvalue weighted by atomic mass is 9.89. The maximum atomic E-state index is 10.4. The minimum Gasteiger partial charge on any atom is -0.507 e. The Morgan fingerprint density at radius 3 is 2.38 bits per heavy atom. The fraction of sp³-hybridized carbons (Fsp3) is 0.333. The van der Waals surface area contributed by atoms with E-state index in [4.69, 9.17) is 5.73 Å². The molecule has 2 nitrogen and oxygen atoms in total. The molecule has 3 N–H and O–H groups in total. The zero-order chi connectivity index (χ0) is 14.4. The van der Waals surface area contributed by atoms with Gasteiger partial charge in [-0.3, -0.25) is 0 Å². The normalized spacial score (nSPS) is 20.0. The van der Waals surface area contributed by atoms with E-state index in [1.54, 1.807) is 0 Å². The van der Waals surface area contributed by atoms with Gasteiger partial charge in [-0.1, -0.05) is 30.3 Å². The van der Waals surface area contributed by atoms with Crippen molar-refractivity contribution in [2.45, 2.75) is 39.2 Å². The second kappa shape index (κ2) is 5.70. The minimum absolute atomic E-state index is 0. The summed E-state index contributed by atoms with van der Waals surface area (Å²) in [6.07, 6.45) is 0.918. The number of phenolic OH excluding ortho intramolecular Hbond substituents is 1. The predicted molar refractivity (Wildman–Crippen MR) is 89.4 cm³/mol. The van der Waals surface area contributed by atoms with Gasteiger partial charge in [0.1, 0.15) is 5.75 Å². The van der Waals surface area contributed by atoms with Gasteiger partial charge in [-0.05, 0) is 55.0 Å². The van der Waals surface area contributed by atoms with E-state index < -0.39 is 0 Å². The van der Waals surface area contributed by atoms with Gasteiger partial charge < -0.3 is 10.8 Å². The summed E-state index contributed by atoms with van der Waals surface area (Å²) in [6, 6.07) is 10.3. The van der Waals surface area contributed by atoms with Gasteiger partial charge in [-0.25, -0.2) is 0 Å². The Labute approximate surface area is 132 Å². The van der Waals surface area contributed by atoms with Crippen molar-refractivity contribution in [2.75, 3.05) is 0 Å². The van der Waals surface area contributed by atoms with Crippen LogP contribution in [-0.4, -0.2) is 5.11 Å². The van der Waals surface area contributed by atoms with Crippen molar-refractivity contribution in [1.82, 2.24) is 0 Å². The molecule has 2 aromatic rings. The number of halogens is 1. The molecule has 0 radical (unpaired) electrons. The van der Waals surface area contributed by atoms with Gasteiger partial charge in [-0.15, -0.1) is 12.4 Å². The number of fused-ring (bicyclic) bond motifs is 1. The van der Waals surface area contributed by atoms with E-state index in [1.165, 1.54) is 22.3 Å². The lowest BCUT2D eigenvalue weighted by Crippen LogP contribution is -2.16. The molecule has 0 heterocycles. The van der Waals surface area contributed by atoms with Gasteiger partial charge >= 0.3 is 0 Å². The summed E-state index contributed by atoms with van der Waals surface area (Å²) in [7, 11) is 0. The van der Waals surface area contributed by atoms with E-state index in [1.807, 2.05) is 6.92 Å². The molecule has 0 saturated carbocycles. The van der Waals surface area contributed by atoms with Gasteiger partial charge in [0.15, 0.2) is 0 Å². The Hall–Kier alpha value is -1.51. The molecule has 0 bridgehead atoms. The molecule has 0 saturated heterocycles. The second-order valence-corrected chi connectivity index (χ2v) is 5.94. The molecule has 2 aromatic carbocycles. The highest BCUT2D eigenvalue weighted by molar-refractivity contribution is 5.85. The zero-order valence-corrected chi connectivity index (χ0v) is 13.5. The Bertz CT molecular complexity index is 681. The van der Waals surface area contributed by atoms with Crippen molar-refractivity contribution in [3.63, 3.8) is 0 Å². The van der Waals surface area contributed by atoms with Crippen molar-refractivity contribution < 1.29 is 5.11 Å². The number of hydrogen-bond donors (Lipinski definition) is 2. The summed E-state index contributed by atoms with van der Waals surface area (Å²) in [5, 5.41) is 10.4. The van der Waals surface area contributed by atoms with Crippen LogP contribution >= 0.6 is 12.4 Å². The van der Waals surface area contributed by atoms with Gasteiger partial charge in [0.2, 0.25) is 0 Å². The van der Waals surface area contributed by atoms with Crippen LogP contribution in [0, 0.1) is 20.8 Å². The molecular formula is C18H22ClNO. The molecule has 1 aliphatic rings. The van der Waals surface area contributed by atoms with Crippen LogP contribution in [0.2, 0.25) is 0 Å². The molecule has 3 heteroatoms. The monoisotopic (exact) mass is 303 g/mol. The lowest BCUT2D eigenvalue weighted by molar-refractivity contribution is 0.455. The van der Waals surface area contributed by atoms with Crippen LogP contribution in [0.4, 0.5) is 0 Å². The highest BCUT2D eigenvalue weighted by Crippen LogP contribution is 2.47. The van der Waals surface area contributed by atoms with Crippen LogP contribution in [-0.2, 0) is 6.42 Å². The summed E-state index contributed by atoms with van der Waals surface area (Å²) < 4.78 is 0. The van der Waals surface area contributed by atoms with E-state index in [-0.39, 0.29) is 24.4 Å². The topological polar surface area (TPSA) is 46.2 Å². The molecule has 0 spiro atoms. The van der Waals surface area contributed by atoms with Crippen LogP contribution in [0.5, 0.6) is 5.75 Å². The van der Waals surface area contributed by atoms with E-state index in [2.05, 4.69) is 44.2 Å². The van der Waals surface area contributed by atoms with Crippen LogP contribution in [0.1, 0.15) is 45.3 Å². The molecule has 1 aliphatic carbocycles. The summed E-state index contributed by atoms with van der Waals surface area (Å²) in [4.78, 5) is 0. The smallest absolute Gasteiger partial charge is 0.123 e. The van der Waals surface area contributed by atoms with Crippen LogP contribution in [0.3, 0.4) is 0 Å². The zero-order valence-electron chi connectivity index (χ0n) is 12.7. The molecular weight excluding hydrogens is 282 g/mol. The molecule has 0 aliphatic heterocycles. The number of aryl methyl sites for hydroxylation is 3. The summed E-state index contributed by atoms with van der Waals surface area (Å²) in [5.41, 5.74) is 13.4. The maximum absolute atomic E-state index is 10.4. The third-order valence-electron chi connectivity index (χ3n) is 4.64. The highest BCUT2D eigenvalue weighted by Gasteiger charge is 2.35. The third kappa shape index (κ3) is 2.43. The van der Waals surface area contributed by atoms with Crippen molar-refractivity contribution in [3.05, 3.63) is 63.7 Å². The molecule has 0 aromatic heterocycles. The lowest BCUT2D eigenvalue weighted by Gasteiger charge is -2.19. The van der Waals surface area contributed by atoms with E-state index in [0.717, 1.165) is 17.5 Å². The molecule has 2 atom stereocenters. The first-order chi connectivity index (χ1) is 9.50. The number of phenols is 1. The number of benzene rings is 2. The Morgan fingerprint density at radius 1 is 1.05 bits per heavy atom. The molecule has 0 amide bonds. The van der Waals surface area contributed by atoms with Gasteiger partial charge in [0, 0.05) is 17.5 Å². The van der Waals surface area contributed by atoms with Crippen molar-refractivity contribution >= 4 is 12.4 Å². The first-order valence-electron chi connectivity index (χ1n) is 7.13. The Kier molecular flexibility index (Phi) is 4.31. The van der Waals surface area contributed by atoms with Crippen LogP contribution in [0.25, 0.3) is 0 Å². The quantitative estimate of drug-likeness (QED) is 0.834. The molecule has 21 heavy (non-hydrogen) atoms. The largest absolute Gasteiger partial charge is 0.507 e. The third-order valence-corrected chi connectivity index (χ3v) is 4.64. The van der Waals surface area contributed by atoms with E-state index in [0.29, 0.717) is 5.75 Å². The van der Waals surface area contributed by atoms with Crippen LogP contribution in [0.15, 0.2) is 30.3 Å². The standard InChI is InChI=1S/C18H21NO.ClH/c1-10-6-4-5-7-13(10)15-9-14-11(2)8-12(3)18(20)16(14)17(15)19;/h4-8,15,17,20H,9,19H2,1-3H3;1H. The number of aromatic hydroxyl groups is 1. The van der Waals surface area contributed by atoms with Gasteiger partial charge in [0.05, 0.1) is 0 Å². The fourth-order valence-corrected chi connectivity index (χ4v) is 3.53.